The van der Waals surface area contributed by atoms with Crippen LogP contribution in [0.2, 0.25) is 0 Å². The minimum absolute atomic E-state index is 0.0119. The first-order valence-electron chi connectivity index (χ1n) is 20.0. The molecule has 4 rings (SSSR count). The van der Waals surface area contributed by atoms with Gasteiger partial charge in [0.25, 0.3) is 16.0 Å². The van der Waals surface area contributed by atoms with Crippen LogP contribution in [0.5, 0.6) is 5.75 Å². The van der Waals surface area contributed by atoms with E-state index in [1.54, 1.807) is 6.07 Å². The number of aromatic hydroxyl groups is 1. The first kappa shape index (κ1) is 50.0. The van der Waals surface area contributed by atoms with Gasteiger partial charge in [-0.3, -0.25) is 48.9 Å². The highest BCUT2D eigenvalue weighted by Gasteiger charge is 2.33. The monoisotopic (exact) mass is 922 g/mol. The lowest BCUT2D eigenvalue weighted by Crippen LogP contribution is -2.58. The highest BCUT2D eigenvalue weighted by Crippen LogP contribution is 2.15. The number of hydrogen-bond acceptors (Lipinski definition) is 14. The smallest absolute Gasteiger partial charge is 0.305 e. The first-order chi connectivity index (χ1) is 30.9. The molecular formula is C40H50N12O12S. The van der Waals surface area contributed by atoms with E-state index < -0.39 is 88.7 Å². The van der Waals surface area contributed by atoms with Gasteiger partial charge in [-0.15, -0.1) is 0 Å². The number of rotatable bonds is 18. The van der Waals surface area contributed by atoms with E-state index in [9.17, 15) is 56.7 Å². The molecule has 4 atom stereocenters. The SMILES string of the molecule is N=C(N)NCCC[C@@H]1NC(=O)[C@H](CCCCNC(=O)c2ccc(N/N=C/c3ccccc3S(=O)(=O)O)nc2)NC(=O)[C@@H](Cc2ccc(O)cc2)NC(=O)[C@H](CC(=O)O)NC(=O)CNC1=O. The van der Waals surface area contributed by atoms with Crippen LogP contribution in [-0.4, -0.2) is 126 Å². The van der Waals surface area contributed by atoms with Crippen LogP contribution in [0.15, 0.2) is 76.9 Å². The van der Waals surface area contributed by atoms with Crippen LogP contribution < -0.4 is 48.4 Å². The average molecular weight is 923 g/mol. The van der Waals surface area contributed by atoms with Gasteiger partial charge < -0.3 is 53.2 Å². The van der Waals surface area contributed by atoms with Crippen molar-refractivity contribution in [2.45, 2.75) is 74.0 Å². The van der Waals surface area contributed by atoms with Crippen molar-refractivity contribution in [2.75, 3.05) is 25.1 Å². The summed E-state index contributed by atoms with van der Waals surface area (Å²) in [6.45, 7) is -0.445. The summed E-state index contributed by atoms with van der Waals surface area (Å²) in [4.78, 5) is 95.9. The number of guanidine groups is 1. The highest BCUT2D eigenvalue weighted by atomic mass is 32.2. The number of pyridine rings is 1. The summed E-state index contributed by atoms with van der Waals surface area (Å²) in [6, 6.07) is 8.51. The number of hydrazone groups is 1. The number of carboxylic acid groups (broad SMARTS) is 1. The number of carbonyl (C=O) groups excluding carboxylic acids is 6. The fourth-order valence-electron chi connectivity index (χ4n) is 6.24. The van der Waals surface area contributed by atoms with E-state index in [-0.39, 0.29) is 85.2 Å². The van der Waals surface area contributed by atoms with Crippen LogP contribution in [0.4, 0.5) is 5.82 Å². The summed E-state index contributed by atoms with van der Waals surface area (Å²) in [5.41, 5.74) is 8.71. The highest BCUT2D eigenvalue weighted by molar-refractivity contribution is 7.86. The van der Waals surface area contributed by atoms with E-state index in [1.165, 1.54) is 67.0 Å². The van der Waals surface area contributed by atoms with Crippen LogP contribution in [-0.2, 0) is 45.3 Å². The maximum absolute atomic E-state index is 14.0. The molecule has 6 amide bonds. The summed E-state index contributed by atoms with van der Waals surface area (Å²) in [6.07, 6.45) is 2.05. The Kier molecular flexibility index (Phi) is 18.6. The van der Waals surface area contributed by atoms with E-state index in [1.807, 2.05) is 0 Å². The van der Waals surface area contributed by atoms with Gasteiger partial charge in [-0.05, 0) is 68.0 Å². The second-order valence-electron chi connectivity index (χ2n) is 14.5. The molecule has 0 spiro atoms. The lowest BCUT2D eigenvalue weighted by Gasteiger charge is -2.26. The zero-order valence-electron chi connectivity index (χ0n) is 34.7. The Labute approximate surface area is 372 Å². The fraction of sp³-hybridized carbons (Fsp3) is 0.350. The van der Waals surface area contributed by atoms with Gasteiger partial charge in [0.2, 0.25) is 29.5 Å². The predicted molar refractivity (Wildman–Crippen MR) is 232 cm³/mol. The molecule has 25 heteroatoms. The number of carboxylic acids is 1. The van der Waals surface area contributed by atoms with Crippen molar-refractivity contribution >= 4 is 69.5 Å². The minimum Gasteiger partial charge on any atom is -0.508 e. The van der Waals surface area contributed by atoms with E-state index in [0.717, 1.165) is 0 Å². The molecule has 0 saturated carbocycles. The van der Waals surface area contributed by atoms with Gasteiger partial charge in [-0.25, -0.2) is 4.98 Å². The molecular weight excluding hydrogens is 873 g/mol. The standard InChI is InChI=1S/C40H50N12O12S/c41-40(42)44-17-5-8-27-36(58)46-22-33(54)48-30(19-34(55)56)39(61)51-29(18-23-10-13-26(53)14-11-23)38(60)50-28(37(59)49-27)7-3-4-16-43-35(57)25-12-15-32(45-20-25)52-47-21-24-6-1-2-9-31(24)65(62,63)64/h1-2,6,9-15,20-21,27-30,53H,3-5,7-8,16-19,22H2,(H,43,57)(H,45,52)(H,46,58)(H,48,54)(H,49,59)(H,50,60)(H,51,61)(H,55,56)(H4,41,42,44)(H,62,63,64)/b47-21+/t27-,28-,29+,30-/m0/s1. The minimum atomic E-state index is -4.49. The van der Waals surface area contributed by atoms with Crippen molar-refractivity contribution in [3.05, 3.63) is 83.6 Å². The number of aromatic nitrogens is 1. The summed E-state index contributed by atoms with van der Waals surface area (Å²) >= 11 is 0. The third-order valence-electron chi connectivity index (χ3n) is 9.52. The molecule has 1 aliphatic heterocycles. The third-order valence-corrected chi connectivity index (χ3v) is 10.5. The average Bonchev–Trinajstić information content (AvgIpc) is 3.25. The van der Waals surface area contributed by atoms with Crippen molar-refractivity contribution in [3.8, 4) is 5.75 Å². The van der Waals surface area contributed by atoms with Crippen molar-refractivity contribution in [3.63, 3.8) is 0 Å². The van der Waals surface area contributed by atoms with Crippen LogP contribution >= 0.6 is 0 Å². The van der Waals surface area contributed by atoms with Crippen LogP contribution in [0, 0.1) is 5.41 Å². The molecule has 0 bridgehead atoms. The molecule has 348 valence electrons. The topological polar surface area (TPSA) is 386 Å². The van der Waals surface area contributed by atoms with Gasteiger partial charge >= 0.3 is 5.97 Å². The zero-order chi connectivity index (χ0) is 47.5. The van der Waals surface area contributed by atoms with E-state index >= 15 is 0 Å². The molecule has 3 aromatic rings. The van der Waals surface area contributed by atoms with E-state index in [0.29, 0.717) is 5.56 Å². The maximum Gasteiger partial charge on any atom is 0.305 e. The Hall–Kier alpha value is -7.67. The number of anilines is 1. The molecule has 65 heavy (non-hydrogen) atoms. The first-order valence-corrected chi connectivity index (χ1v) is 21.5. The molecule has 1 saturated heterocycles. The summed E-state index contributed by atoms with van der Waals surface area (Å²) in [7, 11) is -4.49. The third kappa shape index (κ3) is 16.9. The Balaban J connectivity index is 1.47. The normalized spacial score (nSPS) is 18.7. The Morgan fingerprint density at radius 1 is 0.815 bits per heavy atom. The number of amides is 6. The predicted octanol–water partition coefficient (Wildman–Crippen LogP) is -1.57. The molecule has 0 aliphatic carbocycles. The summed E-state index contributed by atoms with van der Waals surface area (Å²) in [5, 5.41) is 48.3. The van der Waals surface area contributed by atoms with Gasteiger partial charge in [0.05, 0.1) is 24.7 Å². The molecule has 2 aromatic carbocycles. The van der Waals surface area contributed by atoms with Gasteiger partial charge in [-0.1, -0.05) is 30.3 Å². The molecule has 2 heterocycles. The Bertz CT molecular complexity index is 2350. The maximum atomic E-state index is 14.0. The van der Waals surface area contributed by atoms with Crippen LogP contribution in [0.3, 0.4) is 0 Å². The van der Waals surface area contributed by atoms with Crippen molar-refractivity contribution < 1.29 is 56.7 Å². The molecule has 0 radical (unpaired) electrons. The van der Waals surface area contributed by atoms with Gasteiger partial charge in [0.15, 0.2) is 5.96 Å². The number of benzene rings is 2. The zero-order valence-corrected chi connectivity index (χ0v) is 35.5. The van der Waals surface area contributed by atoms with Crippen LogP contribution in [0.25, 0.3) is 0 Å². The van der Waals surface area contributed by atoms with Crippen molar-refractivity contribution in [1.82, 2.24) is 42.2 Å². The number of unbranched alkanes of at least 4 members (excludes halogenated alkanes) is 1. The molecule has 24 nitrogen and oxygen atoms in total. The molecule has 0 unspecified atom stereocenters. The second-order valence-corrected chi connectivity index (χ2v) is 15.9. The lowest BCUT2D eigenvalue weighted by molar-refractivity contribution is -0.141. The number of aliphatic carboxylic acids is 1. The van der Waals surface area contributed by atoms with Gasteiger partial charge in [0, 0.05) is 31.3 Å². The fourth-order valence-corrected chi connectivity index (χ4v) is 6.91. The number of phenolic OH excluding ortho intramolecular Hbond substituents is 1. The second kappa shape index (κ2) is 24.2. The van der Waals surface area contributed by atoms with E-state index in [2.05, 4.69) is 52.7 Å². The van der Waals surface area contributed by atoms with Gasteiger partial charge in [0.1, 0.15) is 40.6 Å². The van der Waals surface area contributed by atoms with Gasteiger partial charge in [-0.2, -0.15) is 13.5 Å². The lowest BCUT2D eigenvalue weighted by atomic mass is 10.0. The summed E-state index contributed by atoms with van der Waals surface area (Å²) in [5.74, 6) is -6.59. The molecule has 1 fully saturated rings. The summed E-state index contributed by atoms with van der Waals surface area (Å²) < 4.78 is 32.6. The van der Waals surface area contributed by atoms with Crippen LogP contribution in [0.1, 0.15) is 60.0 Å². The van der Waals surface area contributed by atoms with E-state index in [4.69, 9.17) is 11.1 Å². The molecule has 14 N–H and O–H groups in total. The number of carbonyl (C=O) groups is 7. The quantitative estimate of drug-likeness (QED) is 0.0225. The largest absolute Gasteiger partial charge is 0.508 e. The Morgan fingerprint density at radius 3 is 2.11 bits per heavy atom. The molecule has 1 aliphatic rings. The number of nitrogens with zero attached hydrogens (tertiary/aromatic N) is 2. The van der Waals surface area contributed by atoms with Crippen molar-refractivity contribution in [2.24, 2.45) is 10.8 Å². The number of nitrogens with two attached hydrogens (primary N) is 1. The number of phenols is 1. The van der Waals surface area contributed by atoms with Crippen molar-refractivity contribution in [1.29, 1.82) is 5.41 Å². The molecule has 1 aromatic heterocycles. The number of hydrogen-bond donors (Lipinski definition) is 13. The Morgan fingerprint density at radius 2 is 1.45 bits per heavy atom. The number of nitrogens with one attached hydrogen (secondary N) is 9.